The van der Waals surface area contributed by atoms with Gasteiger partial charge in [0.1, 0.15) is 0 Å². The lowest BCUT2D eigenvalue weighted by Crippen LogP contribution is -2.00. The molecule has 0 fully saturated rings. The highest BCUT2D eigenvalue weighted by Gasteiger charge is 2.20. The van der Waals surface area contributed by atoms with Crippen molar-refractivity contribution in [1.82, 2.24) is 9.78 Å². The Morgan fingerprint density at radius 1 is 1.29 bits per heavy atom. The first-order valence-corrected chi connectivity index (χ1v) is 6.58. The summed E-state index contributed by atoms with van der Waals surface area (Å²) < 4.78 is 1.62. The molecule has 5 nitrogen and oxygen atoms in total. The second-order valence-corrected chi connectivity index (χ2v) is 5.80. The number of hydrogen-bond acceptors (Lipinski definition) is 3. The minimum atomic E-state index is -0.386. The van der Waals surface area contributed by atoms with Crippen LogP contribution in [0.4, 0.5) is 5.69 Å². The van der Waals surface area contributed by atoms with Crippen LogP contribution in [0, 0.1) is 27.4 Å². The van der Waals surface area contributed by atoms with Gasteiger partial charge < -0.3 is 0 Å². The predicted molar refractivity (Wildman–Crippen MR) is 81.6 cm³/mol. The van der Waals surface area contributed by atoms with E-state index in [1.54, 1.807) is 36.1 Å². The molecule has 5 heteroatoms. The van der Waals surface area contributed by atoms with Crippen LogP contribution in [0.2, 0.25) is 0 Å². The maximum absolute atomic E-state index is 11.2. The van der Waals surface area contributed by atoms with E-state index in [9.17, 15) is 10.1 Å². The molecule has 0 saturated heterocycles. The minimum absolute atomic E-state index is 0.0555. The molecule has 0 spiro atoms. The molecule has 0 aliphatic rings. The van der Waals surface area contributed by atoms with E-state index in [0.29, 0.717) is 16.8 Å². The van der Waals surface area contributed by atoms with Crippen molar-refractivity contribution in [3.05, 3.63) is 46.1 Å². The normalized spacial score (nSPS) is 10.9. The summed E-state index contributed by atoms with van der Waals surface area (Å²) in [7, 11) is 1.76. The van der Waals surface area contributed by atoms with Gasteiger partial charge in [-0.25, -0.2) is 0 Å². The summed E-state index contributed by atoms with van der Waals surface area (Å²) >= 11 is 0. The van der Waals surface area contributed by atoms with E-state index in [0.717, 1.165) is 0 Å². The molecule has 0 bridgehead atoms. The standard InChI is InChI=1S/C16H17N3O2/c1-16(2,3)10-9-12-11-17-18(4)15(12)13-7-5-6-8-14(13)19(20)21/h5-8,11H,1-4H3. The Bertz CT molecular complexity index is 743. The highest BCUT2D eigenvalue weighted by Crippen LogP contribution is 2.31. The average Bonchev–Trinajstić information content (AvgIpc) is 2.76. The van der Waals surface area contributed by atoms with Gasteiger partial charge in [0.25, 0.3) is 5.69 Å². The summed E-state index contributed by atoms with van der Waals surface area (Å²) in [6, 6.07) is 6.63. The van der Waals surface area contributed by atoms with Crippen LogP contribution in [0.5, 0.6) is 0 Å². The quantitative estimate of drug-likeness (QED) is 0.482. The van der Waals surface area contributed by atoms with Crippen molar-refractivity contribution < 1.29 is 4.92 Å². The molecule has 1 heterocycles. The van der Waals surface area contributed by atoms with Crippen molar-refractivity contribution >= 4 is 5.69 Å². The molecule has 0 aliphatic heterocycles. The molecular weight excluding hydrogens is 266 g/mol. The molecule has 2 rings (SSSR count). The van der Waals surface area contributed by atoms with E-state index in [1.807, 2.05) is 20.8 Å². The number of nitro benzene ring substituents is 1. The molecule has 2 aromatic rings. The van der Waals surface area contributed by atoms with Crippen LogP contribution in [-0.2, 0) is 7.05 Å². The fourth-order valence-electron chi connectivity index (χ4n) is 1.94. The van der Waals surface area contributed by atoms with Crippen LogP contribution in [0.15, 0.2) is 30.5 Å². The van der Waals surface area contributed by atoms with E-state index < -0.39 is 0 Å². The zero-order valence-corrected chi connectivity index (χ0v) is 12.5. The summed E-state index contributed by atoms with van der Waals surface area (Å²) in [4.78, 5) is 10.8. The van der Waals surface area contributed by atoms with E-state index >= 15 is 0 Å². The van der Waals surface area contributed by atoms with Crippen molar-refractivity contribution in [2.24, 2.45) is 12.5 Å². The van der Waals surface area contributed by atoms with Gasteiger partial charge in [0.2, 0.25) is 0 Å². The molecule has 0 radical (unpaired) electrons. The van der Waals surface area contributed by atoms with E-state index in [1.165, 1.54) is 6.07 Å². The third kappa shape index (κ3) is 3.29. The topological polar surface area (TPSA) is 61.0 Å². The van der Waals surface area contributed by atoms with Gasteiger partial charge in [-0.3, -0.25) is 14.8 Å². The number of para-hydroxylation sites is 1. The number of nitro groups is 1. The van der Waals surface area contributed by atoms with Crippen LogP contribution >= 0.6 is 0 Å². The SMILES string of the molecule is Cn1ncc(C#CC(C)(C)C)c1-c1ccccc1[N+](=O)[O-]. The summed E-state index contributed by atoms with van der Waals surface area (Å²) in [5.74, 6) is 6.22. The molecule has 0 aliphatic carbocycles. The Labute approximate surface area is 123 Å². The van der Waals surface area contributed by atoms with E-state index in [4.69, 9.17) is 0 Å². The highest BCUT2D eigenvalue weighted by atomic mass is 16.6. The monoisotopic (exact) mass is 283 g/mol. The second-order valence-electron chi connectivity index (χ2n) is 5.80. The van der Waals surface area contributed by atoms with Gasteiger partial charge in [-0.1, -0.05) is 24.0 Å². The fourth-order valence-corrected chi connectivity index (χ4v) is 1.94. The first-order chi connectivity index (χ1) is 9.79. The largest absolute Gasteiger partial charge is 0.278 e. The first-order valence-electron chi connectivity index (χ1n) is 6.58. The first kappa shape index (κ1) is 14.8. The van der Waals surface area contributed by atoms with Crippen molar-refractivity contribution in [1.29, 1.82) is 0 Å². The zero-order chi connectivity index (χ0) is 15.6. The summed E-state index contributed by atoms with van der Waals surface area (Å²) in [5.41, 5.74) is 1.80. The lowest BCUT2D eigenvalue weighted by molar-refractivity contribution is -0.384. The number of hydrogen-bond donors (Lipinski definition) is 0. The van der Waals surface area contributed by atoms with Crippen LogP contribution in [0.3, 0.4) is 0 Å². The van der Waals surface area contributed by atoms with Gasteiger partial charge in [-0.15, -0.1) is 0 Å². The minimum Gasteiger partial charge on any atom is -0.266 e. The molecule has 0 atom stereocenters. The summed E-state index contributed by atoms with van der Waals surface area (Å²) in [5, 5.41) is 15.4. The molecule has 0 N–H and O–H groups in total. The lowest BCUT2D eigenvalue weighted by atomic mass is 9.97. The van der Waals surface area contributed by atoms with Crippen LogP contribution in [-0.4, -0.2) is 14.7 Å². The summed E-state index contributed by atoms with van der Waals surface area (Å²) in [6.07, 6.45) is 1.64. The Morgan fingerprint density at radius 2 is 1.95 bits per heavy atom. The second kappa shape index (κ2) is 5.41. The number of benzene rings is 1. The third-order valence-electron chi connectivity index (χ3n) is 2.87. The molecule has 21 heavy (non-hydrogen) atoms. The number of nitrogens with zero attached hydrogens (tertiary/aromatic N) is 3. The maximum Gasteiger partial charge on any atom is 0.278 e. The molecule has 1 aromatic heterocycles. The average molecular weight is 283 g/mol. The fraction of sp³-hybridized carbons (Fsp3) is 0.312. The van der Waals surface area contributed by atoms with E-state index in [-0.39, 0.29) is 16.0 Å². The Balaban J connectivity index is 2.63. The van der Waals surface area contributed by atoms with Gasteiger partial charge >= 0.3 is 0 Å². The Kier molecular flexibility index (Phi) is 3.81. The van der Waals surface area contributed by atoms with Crippen molar-refractivity contribution in [3.8, 4) is 23.1 Å². The molecule has 108 valence electrons. The van der Waals surface area contributed by atoms with Crippen molar-refractivity contribution in [2.45, 2.75) is 20.8 Å². The van der Waals surface area contributed by atoms with Gasteiger partial charge in [-0.05, 0) is 26.8 Å². The number of aryl methyl sites for hydroxylation is 1. The predicted octanol–water partition coefficient (Wildman–Crippen LogP) is 3.39. The van der Waals surface area contributed by atoms with Crippen LogP contribution in [0.1, 0.15) is 26.3 Å². The van der Waals surface area contributed by atoms with Gasteiger partial charge in [0, 0.05) is 18.5 Å². The van der Waals surface area contributed by atoms with Crippen LogP contribution < -0.4 is 0 Å². The third-order valence-corrected chi connectivity index (χ3v) is 2.87. The van der Waals surface area contributed by atoms with Gasteiger partial charge in [0.05, 0.1) is 27.9 Å². The molecule has 0 unspecified atom stereocenters. The molecule has 0 saturated carbocycles. The number of rotatable bonds is 2. The van der Waals surface area contributed by atoms with Gasteiger partial charge in [0.15, 0.2) is 0 Å². The zero-order valence-electron chi connectivity index (χ0n) is 12.5. The Morgan fingerprint density at radius 3 is 2.57 bits per heavy atom. The molecule has 0 amide bonds. The van der Waals surface area contributed by atoms with Crippen molar-refractivity contribution in [3.63, 3.8) is 0 Å². The smallest absolute Gasteiger partial charge is 0.266 e. The molecule has 1 aromatic carbocycles. The number of aromatic nitrogens is 2. The maximum atomic E-state index is 11.2. The Hall–Kier alpha value is -2.61. The highest BCUT2D eigenvalue weighted by molar-refractivity contribution is 5.75. The van der Waals surface area contributed by atoms with Crippen LogP contribution in [0.25, 0.3) is 11.3 Å². The molecular formula is C16H17N3O2. The van der Waals surface area contributed by atoms with Crippen molar-refractivity contribution in [2.75, 3.05) is 0 Å². The lowest BCUT2D eigenvalue weighted by Gasteiger charge is -2.07. The van der Waals surface area contributed by atoms with E-state index in [2.05, 4.69) is 16.9 Å². The van der Waals surface area contributed by atoms with Gasteiger partial charge in [-0.2, -0.15) is 5.10 Å². The summed E-state index contributed by atoms with van der Waals surface area (Å²) in [6.45, 7) is 6.04.